The van der Waals surface area contributed by atoms with Crippen LogP contribution >= 0.6 is 11.6 Å². The normalized spacial score (nSPS) is 18.2. The van der Waals surface area contributed by atoms with Gasteiger partial charge in [0.15, 0.2) is 5.78 Å². The Morgan fingerprint density at radius 3 is 2.73 bits per heavy atom. The molecule has 0 bridgehead atoms. The third-order valence-corrected chi connectivity index (χ3v) is 4.76. The van der Waals surface area contributed by atoms with Crippen molar-refractivity contribution < 1.29 is 14.7 Å². The van der Waals surface area contributed by atoms with Gasteiger partial charge >= 0.3 is 0 Å². The van der Waals surface area contributed by atoms with E-state index in [9.17, 15) is 9.90 Å². The van der Waals surface area contributed by atoms with E-state index in [1.165, 1.54) is 11.1 Å². The molecule has 1 aromatic rings. The molecule has 2 rings (SSSR count). The molecule has 1 aromatic carbocycles. The summed E-state index contributed by atoms with van der Waals surface area (Å²) in [5.74, 6) is 0.368. The molecule has 0 aromatic heterocycles. The van der Waals surface area contributed by atoms with Gasteiger partial charge in [0.05, 0.1) is 5.76 Å². The van der Waals surface area contributed by atoms with E-state index in [1.54, 1.807) is 12.3 Å². The number of nitrogens with zero attached hydrogens (tertiary/aromatic N) is 1. The highest BCUT2D eigenvalue weighted by Gasteiger charge is 2.28. The Bertz CT molecular complexity index is 677. The monoisotopic (exact) mass is 375 g/mol. The van der Waals surface area contributed by atoms with E-state index in [2.05, 4.69) is 36.3 Å². The molecule has 1 atom stereocenters. The Kier molecular flexibility index (Phi) is 8.42. The number of unbranched alkanes of at least 4 members (excludes halogenated alkanes) is 1. The number of oxime groups is 1. The summed E-state index contributed by atoms with van der Waals surface area (Å²) in [6, 6.07) is 8.34. The fraction of sp³-hybridized carbons (Fsp3) is 0.429. The van der Waals surface area contributed by atoms with Crippen molar-refractivity contribution in [3.05, 3.63) is 58.3 Å². The highest BCUT2D eigenvalue weighted by Crippen LogP contribution is 2.35. The summed E-state index contributed by atoms with van der Waals surface area (Å²) in [6.07, 6.45) is 7.33. The molecule has 26 heavy (non-hydrogen) atoms. The minimum Gasteiger partial charge on any atom is -0.512 e. The zero-order valence-electron chi connectivity index (χ0n) is 15.2. The van der Waals surface area contributed by atoms with Crippen LogP contribution in [-0.4, -0.2) is 23.7 Å². The molecular weight excluding hydrogens is 350 g/mol. The number of aliphatic hydroxyl groups is 1. The second kappa shape index (κ2) is 10.8. The number of carbonyl (C=O) groups is 1. The Labute approximate surface area is 160 Å². The summed E-state index contributed by atoms with van der Waals surface area (Å²) in [5.41, 5.74) is 4.35. The zero-order chi connectivity index (χ0) is 18.8. The lowest BCUT2D eigenvalue weighted by Gasteiger charge is -2.24. The fourth-order valence-electron chi connectivity index (χ4n) is 3.08. The molecule has 0 fully saturated rings. The topological polar surface area (TPSA) is 58.9 Å². The molecule has 1 aliphatic carbocycles. The summed E-state index contributed by atoms with van der Waals surface area (Å²) >= 11 is 5.37. The number of Topliss-reactive ketones (excluding diaryl/α,β-unsaturated/α-hetero) is 1. The van der Waals surface area contributed by atoms with Gasteiger partial charge in [0.2, 0.25) is 0 Å². The molecule has 0 saturated heterocycles. The second-order valence-electron chi connectivity index (χ2n) is 6.39. The van der Waals surface area contributed by atoms with Gasteiger partial charge in [0.25, 0.3) is 0 Å². The van der Waals surface area contributed by atoms with Crippen molar-refractivity contribution in [3.63, 3.8) is 0 Å². The molecule has 0 aliphatic heterocycles. The van der Waals surface area contributed by atoms with Crippen LogP contribution in [0.2, 0.25) is 0 Å². The summed E-state index contributed by atoms with van der Waals surface area (Å²) in [7, 11) is 0. The average molecular weight is 376 g/mol. The predicted octanol–water partition coefficient (Wildman–Crippen LogP) is 5.43. The molecule has 0 heterocycles. The minimum atomic E-state index is 0.0544. The predicted molar refractivity (Wildman–Crippen MR) is 106 cm³/mol. The van der Waals surface area contributed by atoms with Crippen LogP contribution in [0.5, 0.6) is 0 Å². The van der Waals surface area contributed by atoms with Gasteiger partial charge in [-0.15, -0.1) is 0 Å². The summed E-state index contributed by atoms with van der Waals surface area (Å²) in [6.45, 7) is 2.46. The molecular formula is C21H26ClNO3. The zero-order valence-corrected chi connectivity index (χ0v) is 15.9. The first-order chi connectivity index (χ1) is 12.7. The van der Waals surface area contributed by atoms with E-state index < -0.39 is 0 Å². The van der Waals surface area contributed by atoms with Crippen LogP contribution in [0.25, 0.3) is 0 Å². The summed E-state index contributed by atoms with van der Waals surface area (Å²) < 4.78 is 0. The molecule has 0 saturated carbocycles. The molecule has 1 unspecified atom stereocenters. The van der Waals surface area contributed by atoms with E-state index >= 15 is 0 Å². The van der Waals surface area contributed by atoms with Gasteiger partial charge in [-0.3, -0.25) is 4.79 Å². The first-order valence-electron chi connectivity index (χ1n) is 9.07. The highest BCUT2D eigenvalue weighted by atomic mass is 35.5. The second-order valence-corrected chi connectivity index (χ2v) is 6.64. The molecule has 4 nitrogen and oxygen atoms in total. The standard InChI is InChI=1S/C21H26ClNO3/c1-2-16-7-9-17(10-8-16)18-14-20(24)19(21(25)15-18)6-3-4-12-23-26-13-5-11-22/h5,7-12,18,24H,2-4,6,13-15H2,1H3. The van der Waals surface area contributed by atoms with Gasteiger partial charge in [-0.1, -0.05) is 47.9 Å². The fourth-order valence-corrected chi connectivity index (χ4v) is 3.15. The van der Waals surface area contributed by atoms with Crippen LogP contribution in [0, 0.1) is 0 Å². The van der Waals surface area contributed by atoms with Crippen molar-refractivity contribution in [1.29, 1.82) is 0 Å². The quantitative estimate of drug-likeness (QED) is 0.355. The van der Waals surface area contributed by atoms with Crippen molar-refractivity contribution in [2.45, 2.75) is 51.4 Å². The maximum absolute atomic E-state index is 12.5. The van der Waals surface area contributed by atoms with Crippen molar-refractivity contribution in [2.24, 2.45) is 5.16 Å². The van der Waals surface area contributed by atoms with Gasteiger partial charge in [-0.05, 0) is 48.8 Å². The van der Waals surface area contributed by atoms with Crippen molar-refractivity contribution in [3.8, 4) is 0 Å². The average Bonchev–Trinajstić information content (AvgIpc) is 2.65. The van der Waals surface area contributed by atoms with Crippen LogP contribution in [0.15, 0.2) is 52.4 Å². The summed E-state index contributed by atoms with van der Waals surface area (Å²) in [4.78, 5) is 17.4. The number of hydrogen-bond donors (Lipinski definition) is 1. The van der Waals surface area contributed by atoms with Crippen LogP contribution in [0.1, 0.15) is 56.1 Å². The molecule has 0 spiro atoms. The van der Waals surface area contributed by atoms with Crippen molar-refractivity contribution >= 4 is 23.6 Å². The van der Waals surface area contributed by atoms with Crippen molar-refractivity contribution in [1.82, 2.24) is 0 Å². The van der Waals surface area contributed by atoms with E-state index in [1.807, 2.05) is 0 Å². The number of rotatable bonds is 9. The Hall–Kier alpha value is -2.07. The molecule has 5 heteroatoms. The number of hydrogen-bond acceptors (Lipinski definition) is 4. The van der Waals surface area contributed by atoms with Crippen LogP contribution in [0.3, 0.4) is 0 Å². The van der Waals surface area contributed by atoms with Gasteiger partial charge in [-0.25, -0.2) is 0 Å². The molecule has 1 aliphatic rings. The van der Waals surface area contributed by atoms with Gasteiger partial charge in [0, 0.05) is 30.2 Å². The molecule has 0 amide bonds. The molecule has 0 radical (unpaired) electrons. The third-order valence-electron chi connectivity index (χ3n) is 4.58. The number of ketones is 1. The number of aryl methyl sites for hydroxylation is 1. The van der Waals surface area contributed by atoms with E-state index in [0.29, 0.717) is 37.9 Å². The lowest BCUT2D eigenvalue weighted by molar-refractivity contribution is -0.116. The lowest BCUT2D eigenvalue weighted by Crippen LogP contribution is -2.18. The van der Waals surface area contributed by atoms with Crippen LogP contribution < -0.4 is 0 Å². The van der Waals surface area contributed by atoms with Crippen LogP contribution in [-0.2, 0) is 16.1 Å². The first-order valence-corrected chi connectivity index (χ1v) is 9.51. The third kappa shape index (κ3) is 6.03. The lowest BCUT2D eigenvalue weighted by atomic mass is 9.81. The van der Waals surface area contributed by atoms with Gasteiger partial charge in [0.1, 0.15) is 6.61 Å². The maximum Gasteiger partial charge on any atom is 0.162 e. The minimum absolute atomic E-state index is 0.0544. The van der Waals surface area contributed by atoms with E-state index in [0.717, 1.165) is 18.4 Å². The summed E-state index contributed by atoms with van der Waals surface area (Å²) in [5, 5.41) is 14.1. The van der Waals surface area contributed by atoms with Gasteiger partial charge in [-0.2, -0.15) is 0 Å². The van der Waals surface area contributed by atoms with E-state index in [-0.39, 0.29) is 17.5 Å². The number of benzene rings is 1. The number of aliphatic hydroxyl groups excluding tert-OH is 1. The molecule has 140 valence electrons. The Morgan fingerprint density at radius 1 is 1.31 bits per heavy atom. The number of halogens is 1. The highest BCUT2D eigenvalue weighted by molar-refractivity contribution is 6.25. The Balaban J connectivity index is 1.85. The van der Waals surface area contributed by atoms with Crippen LogP contribution in [0.4, 0.5) is 0 Å². The SMILES string of the molecule is CCc1ccc(C2CC(=O)C(CCCC=NOCC=CCl)=C(O)C2)cc1. The first kappa shape index (κ1) is 20.2. The number of carbonyl (C=O) groups excluding carboxylic acids is 1. The van der Waals surface area contributed by atoms with Gasteiger partial charge < -0.3 is 9.94 Å². The van der Waals surface area contributed by atoms with Crippen molar-refractivity contribution in [2.75, 3.05) is 6.61 Å². The Morgan fingerprint density at radius 2 is 2.08 bits per heavy atom. The largest absolute Gasteiger partial charge is 0.512 e. The van der Waals surface area contributed by atoms with E-state index in [4.69, 9.17) is 16.4 Å². The smallest absolute Gasteiger partial charge is 0.162 e. The maximum atomic E-state index is 12.5. The number of allylic oxidation sites excluding steroid dienone is 2. The molecule has 1 N–H and O–H groups in total.